The van der Waals surface area contributed by atoms with E-state index in [1.54, 1.807) is 6.07 Å². The maximum Gasteiger partial charge on any atom is 0.251 e. The van der Waals surface area contributed by atoms with Crippen molar-refractivity contribution in [3.63, 3.8) is 0 Å². The molecular formula is C18H19N3O3S. The summed E-state index contributed by atoms with van der Waals surface area (Å²) in [5.41, 5.74) is 11.7. The average Bonchev–Trinajstić information content (AvgIpc) is 3.03. The summed E-state index contributed by atoms with van der Waals surface area (Å²) in [7, 11) is 0. The molecular weight excluding hydrogens is 338 g/mol. The van der Waals surface area contributed by atoms with Gasteiger partial charge in [-0.1, -0.05) is 37.3 Å². The lowest BCUT2D eigenvalue weighted by atomic mass is 10.1. The van der Waals surface area contributed by atoms with E-state index in [4.69, 9.17) is 11.5 Å². The van der Waals surface area contributed by atoms with Crippen molar-refractivity contribution in [2.75, 3.05) is 11.4 Å². The van der Waals surface area contributed by atoms with Gasteiger partial charge in [-0.3, -0.25) is 19.3 Å². The van der Waals surface area contributed by atoms with Crippen molar-refractivity contribution in [2.24, 2.45) is 11.5 Å². The first-order valence-corrected chi connectivity index (χ1v) is 8.53. The molecule has 0 aliphatic rings. The predicted octanol–water partition coefficient (Wildman–Crippen LogP) is 2.30. The van der Waals surface area contributed by atoms with Gasteiger partial charge in [-0.15, -0.1) is 11.3 Å². The number of carbonyl (C=O) groups is 3. The van der Waals surface area contributed by atoms with Crippen LogP contribution < -0.4 is 16.4 Å². The molecule has 0 aliphatic heterocycles. The lowest BCUT2D eigenvalue weighted by molar-refractivity contribution is -0.116. The highest BCUT2D eigenvalue weighted by molar-refractivity contribution is 7.20. The molecule has 0 spiro atoms. The van der Waals surface area contributed by atoms with Crippen LogP contribution in [0.25, 0.3) is 10.4 Å². The minimum Gasteiger partial charge on any atom is -0.366 e. The van der Waals surface area contributed by atoms with Gasteiger partial charge in [0.2, 0.25) is 5.91 Å². The fourth-order valence-corrected chi connectivity index (χ4v) is 3.48. The highest BCUT2D eigenvalue weighted by atomic mass is 32.1. The van der Waals surface area contributed by atoms with E-state index in [1.807, 2.05) is 37.3 Å². The van der Waals surface area contributed by atoms with Gasteiger partial charge in [0.05, 0.1) is 5.56 Å². The summed E-state index contributed by atoms with van der Waals surface area (Å²) in [6.45, 7) is 2.30. The number of nitrogens with zero attached hydrogens (tertiary/aromatic N) is 1. The fraction of sp³-hybridized carbons (Fsp3) is 0.167. The van der Waals surface area contributed by atoms with Gasteiger partial charge in [0.25, 0.3) is 11.8 Å². The number of hydrogen-bond acceptors (Lipinski definition) is 4. The number of rotatable bonds is 7. The molecule has 4 N–H and O–H groups in total. The molecule has 0 saturated carbocycles. The topological polar surface area (TPSA) is 106 Å². The average molecular weight is 357 g/mol. The molecule has 25 heavy (non-hydrogen) atoms. The second-order valence-corrected chi connectivity index (χ2v) is 6.32. The van der Waals surface area contributed by atoms with E-state index >= 15 is 0 Å². The van der Waals surface area contributed by atoms with Crippen molar-refractivity contribution in [1.82, 2.24) is 0 Å². The maximum atomic E-state index is 12.4. The van der Waals surface area contributed by atoms with E-state index in [0.29, 0.717) is 18.0 Å². The van der Waals surface area contributed by atoms with Crippen LogP contribution >= 0.6 is 11.3 Å². The molecule has 1 aromatic heterocycles. The number of amides is 3. The van der Waals surface area contributed by atoms with Gasteiger partial charge in [-0.25, -0.2) is 0 Å². The molecule has 130 valence electrons. The highest BCUT2D eigenvalue weighted by Crippen LogP contribution is 2.38. The summed E-state index contributed by atoms with van der Waals surface area (Å²) in [5.74, 6) is -1.75. The number of thiophene rings is 1. The van der Waals surface area contributed by atoms with Gasteiger partial charge >= 0.3 is 0 Å². The normalized spacial score (nSPS) is 10.8. The van der Waals surface area contributed by atoms with E-state index in [9.17, 15) is 14.4 Å². The first kappa shape index (κ1) is 18.4. The Hall–Kier alpha value is -2.93. The molecule has 0 saturated heterocycles. The lowest BCUT2D eigenvalue weighted by Crippen LogP contribution is -2.31. The van der Waals surface area contributed by atoms with Crippen LogP contribution in [0.1, 0.15) is 23.7 Å². The largest absolute Gasteiger partial charge is 0.366 e. The van der Waals surface area contributed by atoms with Crippen LogP contribution in [0, 0.1) is 0 Å². The molecule has 0 unspecified atom stereocenters. The van der Waals surface area contributed by atoms with Crippen LogP contribution in [0.3, 0.4) is 0 Å². The van der Waals surface area contributed by atoms with E-state index in [-0.39, 0.29) is 5.56 Å². The number of hydrogen-bond donors (Lipinski definition) is 2. The quantitative estimate of drug-likeness (QED) is 0.742. The van der Waals surface area contributed by atoms with Gasteiger partial charge in [-0.05, 0) is 18.1 Å². The maximum absolute atomic E-state index is 12.4. The van der Waals surface area contributed by atoms with E-state index in [1.165, 1.54) is 16.2 Å². The number of benzene rings is 1. The lowest BCUT2D eigenvalue weighted by Gasteiger charge is -2.19. The Kier molecular flexibility index (Phi) is 6.08. The number of nitrogens with two attached hydrogens (primary N) is 2. The monoisotopic (exact) mass is 357 g/mol. The smallest absolute Gasteiger partial charge is 0.251 e. The second-order valence-electron chi connectivity index (χ2n) is 5.29. The van der Waals surface area contributed by atoms with Gasteiger partial charge in [0, 0.05) is 23.6 Å². The van der Waals surface area contributed by atoms with Gasteiger partial charge in [0.1, 0.15) is 5.00 Å². The van der Waals surface area contributed by atoms with Crippen molar-refractivity contribution in [1.29, 1.82) is 0 Å². The molecule has 2 rings (SSSR count). The van der Waals surface area contributed by atoms with Crippen LogP contribution in [0.5, 0.6) is 0 Å². The fourth-order valence-electron chi connectivity index (χ4n) is 2.28. The predicted molar refractivity (Wildman–Crippen MR) is 99.3 cm³/mol. The van der Waals surface area contributed by atoms with Crippen LogP contribution in [-0.4, -0.2) is 24.3 Å². The first-order valence-electron chi connectivity index (χ1n) is 7.72. The summed E-state index contributed by atoms with van der Waals surface area (Å²) in [4.78, 5) is 37.5. The Morgan fingerprint density at radius 2 is 1.80 bits per heavy atom. The molecule has 1 aromatic carbocycles. The molecule has 1 heterocycles. The second kappa shape index (κ2) is 8.25. The molecule has 0 atom stereocenters. The third-order valence-corrected chi connectivity index (χ3v) is 4.59. The third-order valence-electron chi connectivity index (χ3n) is 3.38. The summed E-state index contributed by atoms with van der Waals surface area (Å²) < 4.78 is 0. The van der Waals surface area contributed by atoms with E-state index < -0.39 is 17.7 Å². The summed E-state index contributed by atoms with van der Waals surface area (Å²) in [5, 5.41) is 0.465. The first-order chi connectivity index (χ1) is 11.9. The van der Waals surface area contributed by atoms with Crippen molar-refractivity contribution in [3.05, 3.63) is 54.1 Å². The Balaban J connectivity index is 2.49. The molecule has 6 nitrogen and oxygen atoms in total. The van der Waals surface area contributed by atoms with Gasteiger partial charge < -0.3 is 11.5 Å². The van der Waals surface area contributed by atoms with Gasteiger partial charge in [0.15, 0.2) is 0 Å². The van der Waals surface area contributed by atoms with Crippen molar-refractivity contribution >= 4 is 34.1 Å². The molecule has 0 bridgehead atoms. The Morgan fingerprint density at radius 3 is 2.36 bits per heavy atom. The van der Waals surface area contributed by atoms with Crippen molar-refractivity contribution in [3.8, 4) is 10.4 Å². The van der Waals surface area contributed by atoms with Crippen molar-refractivity contribution in [2.45, 2.75) is 13.3 Å². The zero-order chi connectivity index (χ0) is 18.4. The molecule has 7 heteroatoms. The highest BCUT2D eigenvalue weighted by Gasteiger charge is 2.23. The Morgan fingerprint density at radius 1 is 1.12 bits per heavy atom. The number of anilines is 1. The van der Waals surface area contributed by atoms with Crippen LogP contribution in [0.2, 0.25) is 0 Å². The number of carbonyl (C=O) groups excluding carboxylic acids is 3. The zero-order valence-electron chi connectivity index (χ0n) is 13.8. The van der Waals surface area contributed by atoms with E-state index in [2.05, 4.69) is 0 Å². The molecule has 0 fully saturated rings. The van der Waals surface area contributed by atoms with Gasteiger partial charge in [-0.2, -0.15) is 0 Å². The molecule has 0 aliphatic carbocycles. The molecule has 2 aromatic rings. The zero-order valence-corrected chi connectivity index (χ0v) is 14.6. The van der Waals surface area contributed by atoms with E-state index in [0.717, 1.165) is 22.6 Å². The SMILES string of the molecule is CCCN(C(=O)/C=C\C(N)=O)c1sc(-c2ccccc2)cc1C(N)=O. The summed E-state index contributed by atoms with van der Waals surface area (Å²) in [6, 6.07) is 11.2. The Labute approximate surface area is 149 Å². The third kappa shape index (κ3) is 4.54. The minimum absolute atomic E-state index is 0.276. The molecule has 3 amide bonds. The minimum atomic E-state index is -0.712. The van der Waals surface area contributed by atoms with Crippen LogP contribution in [0.4, 0.5) is 5.00 Å². The Bertz CT molecular complexity index is 812. The molecule has 0 radical (unpaired) electrons. The summed E-state index contributed by atoms with van der Waals surface area (Å²) >= 11 is 1.31. The van der Waals surface area contributed by atoms with Crippen molar-refractivity contribution < 1.29 is 14.4 Å². The van der Waals surface area contributed by atoms with Crippen LogP contribution in [0.15, 0.2) is 48.6 Å². The number of primary amides is 2. The summed E-state index contributed by atoms with van der Waals surface area (Å²) in [6.07, 6.45) is 2.78. The standard InChI is InChI=1S/C18H19N3O3S/c1-2-10-21(16(23)9-8-15(19)22)18-13(17(20)24)11-14(25-18)12-6-4-3-5-7-12/h3-9,11H,2,10H2,1H3,(H2,19,22)(H2,20,24)/b9-8-. The van der Waals surface area contributed by atoms with Crippen LogP contribution in [-0.2, 0) is 9.59 Å².